The minimum Gasteiger partial charge on any atom is -0.479 e. The normalized spacial score (nSPS) is 20.2. The molecular formula is C37H38N2O14. The Hall–Kier alpha value is -6.00. The van der Waals surface area contributed by atoms with Crippen LogP contribution in [-0.4, -0.2) is 89.9 Å². The molecule has 1 fully saturated rings. The van der Waals surface area contributed by atoms with Crippen molar-refractivity contribution in [2.24, 2.45) is 0 Å². The third kappa shape index (κ3) is 9.27. The lowest BCUT2D eigenvalue weighted by atomic mass is 9.97. The van der Waals surface area contributed by atoms with Gasteiger partial charge in [0.2, 0.25) is 18.3 Å². The Morgan fingerprint density at radius 2 is 1.36 bits per heavy atom. The van der Waals surface area contributed by atoms with Crippen molar-refractivity contribution in [2.45, 2.75) is 70.4 Å². The minimum absolute atomic E-state index is 0.00844. The van der Waals surface area contributed by atoms with E-state index in [0.717, 1.165) is 43.0 Å². The molecular weight excluding hydrogens is 696 g/mol. The molecule has 3 aromatic carbocycles. The first-order valence-electron chi connectivity index (χ1n) is 16.5. The molecule has 53 heavy (non-hydrogen) atoms. The molecule has 16 heteroatoms. The number of ether oxygens (including phenoxy) is 6. The van der Waals surface area contributed by atoms with Crippen molar-refractivity contribution < 1.29 is 67.4 Å². The van der Waals surface area contributed by atoms with Crippen LogP contribution in [0.3, 0.4) is 0 Å². The third-order valence-electron chi connectivity index (χ3n) is 8.35. The highest BCUT2D eigenvalue weighted by Gasteiger charge is 2.55. The smallest absolute Gasteiger partial charge is 0.407 e. The molecule has 4 N–H and O–H groups in total. The number of carboxylic acids is 1. The monoisotopic (exact) mass is 734 g/mol. The number of anilines is 1. The van der Waals surface area contributed by atoms with Gasteiger partial charge in [-0.2, -0.15) is 0 Å². The maximum Gasteiger partial charge on any atom is 0.407 e. The van der Waals surface area contributed by atoms with Gasteiger partial charge in [-0.25, -0.2) is 9.59 Å². The van der Waals surface area contributed by atoms with Crippen molar-refractivity contribution >= 4 is 41.6 Å². The summed E-state index contributed by atoms with van der Waals surface area (Å²) in [5, 5.41) is 24.8. The van der Waals surface area contributed by atoms with Crippen molar-refractivity contribution in [3.63, 3.8) is 0 Å². The van der Waals surface area contributed by atoms with Crippen molar-refractivity contribution in [3.8, 4) is 16.9 Å². The molecule has 1 heterocycles. The van der Waals surface area contributed by atoms with E-state index >= 15 is 0 Å². The molecule has 5 rings (SSSR count). The lowest BCUT2D eigenvalue weighted by Crippen LogP contribution is -2.64. The van der Waals surface area contributed by atoms with E-state index in [1.165, 1.54) is 18.2 Å². The number of fused-ring (bicyclic) bond motifs is 3. The van der Waals surface area contributed by atoms with Gasteiger partial charge in [0, 0.05) is 39.7 Å². The van der Waals surface area contributed by atoms with E-state index in [-0.39, 0.29) is 36.9 Å². The second-order valence-corrected chi connectivity index (χ2v) is 12.1. The number of aliphatic hydroxyl groups is 1. The summed E-state index contributed by atoms with van der Waals surface area (Å²) in [5.74, 6) is -5.23. The topological polar surface area (TPSA) is 222 Å². The van der Waals surface area contributed by atoms with E-state index in [2.05, 4.69) is 10.6 Å². The predicted octanol–water partition coefficient (Wildman–Crippen LogP) is 3.03. The second kappa shape index (κ2) is 17.0. The van der Waals surface area contributed by atoms with E-state index in [9.17, 15) is 39.0 Å². The number of esters is 3. The number of amides is 2. The zero-order valence-corrected chi connectivity index (χ0v) is 28.9. The van der Waals surface area contributed by atoms with Gasteiger partial charge in [0.15, 0.2) is 18.3 Å². The van der Waals surface area contributed by atoms with Gasteiger partial charge in [0.1, 0.15) is 12.4 Å². The molecule has 0 aromatic heterocycles. The van der Waals surface area contributed by atoms with Crippen LogP contribution < -0.4 is 15.4 Å². The summed E-state index contributed by atoms with van der Waals surface area (Å²) in [6.45, 7) is 2.59. The number of benzene rings is 3. The molecule has 2 amide bonds. The van der Waals surface area contributed by atoms with Crippen LogP contribution in [0.4, 0.5) is 10.5 Å². The lowest BCUT2D eigenvalue weighted by molar-refractivity contribution is -0.281. The van der Waals surface area contributed by atoms with Gasteiger partial charge in [-0.05, 0) is 39.9 Å². The summed E-state index contributed by atoms with van der Waals surface area (Å²) in [4.78, 5) is 73.9. The fraction of sp³-hybridized carbons (Fsp3) is 0.351. The Balaban J connectivity index is 1.25. The number of carbonyl (C=O) groups excluding carboxylic acids is 5. The molecule has 0 unspecified atom stereocenters. The molecule has 3 aromatic rings. The van der Waals surface area contributed by atoms with Crippen molar-refractivity contribution in [3.05, 3.63) is 83.4 Å². The molecule has 1 aliphatic carbocycles. The largest absolute Gasteiger partial charge is 0.479 e. The summed E-state index contributed by atoms with van der Waals surface area (Å²) in [7, 11) is 0. The molecule has 16 nitrogen and oxygen atoms in total. The Morgan fingerprint density at radius 3 is 1.94 bits per heavy atom. The van der Waals surface area contributed by atoms with Crippen LogP contribution in [0, 0.1) is 0 Å². The molecule has 1 aliphatic heterocycles. The first-order chi connectivity index (χ1) is 25.4. The molecule has 5 atom stereocenters. The fourth-order valence-electron chi connectivity index (χ4n) is 6.21. The highest BCUT2D eigenvalue weighted by atomic mass is 16.7. The average Bonchev–Trinajstić information content (AvgIpc) is 3.43. The summed E-state index contributed by atoms with van der Waals surface area (Å²) in [5.41, 5.74) is 4.60. The Kier molecular flexibility index (Phi) is 12.3. The molecule has 2 aliphatic rings. The van der Waals surface area contributed by atoms with Gasteiger partial charge < -0.3 is 49.3 Å². The van der Waals surface area contributed by atoms with Crippen molar-refractivity contribution in [1.29, 1.82) is 0 Å². The molecule has 1 saturated heterocycles. The highest BCUT2D eigenvalue weighted by Crippen LogP contribution is 2.44. The number of rotatable bonds is 13. The maximum absolute atomic E-state index is 13.0. The molecule has 0 bridgehead atoms. The molecule has 280 valence electrons. The van der Waals surface area contributed by atoms with Gasteiger partial charge in [0.05, 0.1) is 12.3 Å². The zero-order chi connectivity index (χ0) is 38.2. The molecule has 0 radical (unpaired) electrons. The third-order valence-corrected chi connectivity index (χ3v) is 8.35. The standard InChI is InChI=1S/C37H38N2O14/c1-19(41)49-31-32(50-20(2)42)34(51-21(3)43)36(53-33(31)35(45)46)52-29-13-12-22(17-40)16-28(29)39-30(44)14-15-38-37(47)48-18-27-25-10-6-4-8-23(25)24-9-5-7-11-26(24)27/h4-13,16,27,31-34,36,40H,14-15,17-18H2,1-3H3,(H,38,47)(H,39,44)(H,45,46)/t31-,32-,33-,34+,36+/m0/s1. The molecule has 0 saturated carbocycles. The van der Waals surface area contributed by atoms with Gasteiger partial charge >= 0.3 is 30.0 Å². The van der Waals surface area contributed by atoms with Gasteiger partial charge in [-0.3, -0.25) is 19.2 Å². The number of hydrogen-bond acceptors (Lipinski definition) is 13. The predicted molar refractivity (Wildman–Crippen MR) is 182 cm³/mol. The number of aliphatic hydroxyl groups excluding tert-OH is 1. The quantitative estimate of drug-likeness (QED) is 0.146. The van der Waals surface area contributed by atoms with E-state index in [1.54, 1.807) is 0 Å². The van der Waals surface area contributed by atoms with Crippen LogP contribution in [0.1, 0.15) is 49.8 Å². The summed E-state index contributed by atoms with van der Waals surface area (Å²) in [6.07, 6.45) is -9.74. The summed E-state index contributed by atoms with van der Waals surface area (Å²) in [6, 6.07) is 19.9. The lowest BCUT2D eigenvalue weighted by Gasteiger charge is -2.42. The number of nitrogens with one attached hydrogen (secondary N) is 2. The Bertz CT molecular complexity index is 1830. The second-order valence-electron chi connectivity index (χ2n) is 12.1. The van der Waals surface area contributed by atoms with Gasteiger partial charge in [-0.1, -0.05) is 54.6 Å². The Morgan fingerprint density at radius 1 is 0.774 bits per heavy atom. The minimum atomic E-state index is -1.95. The number of hydrogen-bond donors (Lipinski definition) is 4. The number of aliphatic carboxylic acids is 1. The highest BCUT2D eigenvalue weighted by molar-refractivity contribution is 5.92. The van der Waals surface area contributed by atoms with Crippen LogP contribution in [0.15, 0.2) is 66.7 Å². The van der Waals surface area contributed by atoms with Crippen LogP contribution in [0.25, 0.3) is 11.1 Å². The van der Waals surface area contributed by atoms with E-state index in [0.29, 0.717) is 5.56 Å². The van der Waals surface area contributed by atoms with Crippen molar-refractivity contribution in [2.75, 3.05) is 18.5 Å². The van der Waals surface area contributed by atoms with E-state index in [1.807, 2.05) is 48.5 Å². The Labute approximate surface area is 303 Å². The molecule has 0 spiro atoms. The van der Waals surface area contributed by atoms with Gasteiger partial charge in [0.25, 0.3) is 0 Å². The van der Waals surface area contributed by atoms with Crippen molar-refractivity contribution in [1.82, 2.24) is 5.32 Å². The van der Waals surface area contributed by atoms with Crippen LogP contribution >= 0.6 is 0 Å². The van der Waals surface area contributed by atoms with Crippen LogP contribution in [0.2, 0.25) is 0 Å². The van der Waals surface area contributed by atoms with E-state index in [4.69, 9.17) is 28.4 Å². The summed E-state index contributed by atoms with van der Waals surface area (Å²) < 4.78 is 32.8. The van der Waals surface area contributed by atoms with Crippen LogP contribution in [0.5, 0.6) is 5.75 Å². The number of carbonyl (C=O) groups is 6. The first-order valence-corrected chi connectivity index (χ1v) is 16.5. The number of alkyl carbamates (subject to hydrolysis) is 1. The van der Waals surface area contributed by atoms with E-state index < -0.39 is 73.2 Å². The average molecular weight is 735 g/mol. The summed E-state index contributed by atoms with van der Waals surface area (Å²) >= 11 is 0. The first kappa shape index (κ1) is 38.2. The zero-order valence-electron chi connectivity index (χ0n) is 28.9. The van der Waals surface area contributed by atoms with Crippen LogP contribution in [-0.2, 0) is 54.3 Å². The SMILES string of the molecule is CC(=O)O[C@@H]1[C@@H](OC(C)=O)[C@H](Oc2ccc(CO)cc2NC(=O)CCNC(=O)OCC2c3ccccc3-c3ccccc32)O[C@H](C(=O)O)[C@H]1OC(C)=O. The maximum atomic E-state index is 13.0. The fourth-order valence-corrected chi connectivity index (χ4v) is 6.21. The van der Waals surface area contributed by atoms with Gasteiger partial charge in [-0.15, -0.1) is 0 Å². The number of carboxylic acid groups (broad SMARTS) is 1.